The number of nitrogens with zero attached hydrogens (tertiary/aromatic N) is 1. The summed E-state index contributed by atoms with van der Waals surface area (Å²) >= 11 is 3.13. The van der Waals surface area contributed by atoms with Gasteiger partial charge in [0.1, 0.15) is 0 Å². The van der Waals surface area contributed by atoms with E-state index in [1.54, 1.807) is 12.1 Å². The van der Waals surface area contributed by atoms with Crippen LogP contribution in [0.5, 0.6) is 0 Å². The molecule has 0 saturated carbocycles. The number of amides is 1. The smallest absolute Gasteiger partial charge is 0.290 e. The first-order chi connectivity index (χ1) is 6.69. The third kappa shape index (κ3) is 2.39. The maximum atomic E-state index is 11.7. The van der Waals surface area contributed by atoms with Gasteiger partial charge in [-0.3, -0.25) is 4.79 Å². The Balaban J connectivity index is 2.78. The highest BCUT2D eigenvalue weighted by Gasteiger charge is 2.16. The zero-order valence-corrected chi connectivity index (χ0v) is 9.37. The molecule has 0 N–H and O–H groups in total. The van der Waals surface area contributed by atoms with Gasteiger partial charge in [0, 0.05) is 6.54 Å². The molecule has 1 aromatic rings. The molecule has 3 nitrogen and oxygen atoms in total. The van der Waals surface area contributed by atoms with Crippen LogP contribution in [0, 0.1) is 12.3 Å². The predicted molar refractivity (Wildman–Crippen MR) is 56.8 cm³/mol. The molecule has 0 spiro atoms. The van der Waals surface area contributed by atoms with Gasteiger partial charge in [0.25, 0.3) is 5.91 Å². The largest absolute Gasteiger partial charge is 0.444 e. The van der Waals surface area contributed by atoms with Crippen LogP contribution < -0.4 is 0 Å². The summed E-state index contributed by atoms with van der Waals surface area (Å²) in [6.07, 6.45) is 5.14. The van der Waals surface area contributed by atoms with Crippen LogP contribution in [0.4, 0.5) is 0 Å². The van der Waals surface area contributed by atoms with Crippen molar-refractivity contribution in [3.8, 4) is 12.3 Å². The quantitative estimate of drug-likeness (QED) is 0.776. The first-order valence-corrected chi connectivity index (χ1v) is 4.96. The van der Waals surface area contributed by atoms with Crippen LogP contribution in [0.3, 0.4) is 0 Å². The van der Waals surface area contributed by atoms with Crippen molar-refractivity contribution in [1.82, 2.24) is 4.90 Å². The van der Waals surface area contributed by atoms with E-state index in [2.05, 4.69) is 21.9 Å². The van der Waals surface area contributed by atoms with E-state index in [1.807, 2.05) is 6.92 Å². The molecule has 1 rings (SSSR count). The predicted octanol–water partition coefficient (Wildman–Crippen LogP) is 2.14. The molecule has 1 aromatic heterocycles. The van der Waals surface area contributed by atoms with Gasteiger partial charge in [0.05, 0.1) is 6.54 Å². The van der Waals surface area contributed by atoms with E-state index in [9.17, 15) is 4.79 Å². The Bertz CT molecular complexity index is 364. The highest BCUT2D eigenvalue weighted by atomic mass is 79.9. The van der Waals surface area contributed by atoms with Crippen molar-refractivity contribution >= 4 is 21.8 Å². The van der Waals surface area contributed by atoms with Gasteiger partial charge in [-0.05, 0) is 35.0 Å². The monoisotopic (exact) mass is 255 g/mol. The Hall–Kier alpha value is -1.21. The molecule has 1 heterocycles. The second-order valence-electron chi connectivity index (χ2n) is 2.63. The maximum absolute atomic E-state index is 11.7. The molecule has 0 fully saturated rings. The SMILES string of the molecule is C#CCN(CC)C(=O)c1ccc(Br)o1. The highest BCUT2D eigenvalue weighted by molar-refractivity contribution is 9.10. The molecule has 0 aromatic carbocycles. The number of carbonyl (C=O) groups is 1. The highest BCUT2D eigenvalue weighted by Crippen LogP contribution is 2.15. The minimum Gasteiger partial charge on any atom is -0.444 e. The normalized spacial score (nSPS) is 9.50. The fraction of sp³-hybridized carbons (Fsp3) is 0.300. The van der Waals surface area contributed by atoms with E-state index in [-0.39, 0.29) is 5.91 Å². The summed E-state index contributed by atoms with van der Waals surface area (Å²) in [5.74, 6) is 2.54. The summed E-state index contributed by atoms with van der Waals surface area (Å²) in [6, 6.07) is 3.29. The van der Waals surface area contributed by atoms with Gasteiger partial charge in [-0.1, -0.05) is 5.92 Å². The van der Waals surface area contributed by atoms with E-state index < -0.39 is 0 Å². The fourth-order valence-corrected chi connectivity index (χ4v) is 1.33. The van der Waals surface area contributed by atoms with Crippen LogP contribution >= 0.6 is 15.9 Å². The van der Waals surface area contributed by atoms with Gasteiger partial charge in [0.2, 0.25) is 0 Å². The number of hydrogen-bond acceptors (Lipinski definition) is 2. The second-order valence-corrected chi connectivity index (χ2v) is 3.41. The number of rotatable bonds is 3. The molecular formula is C10H10BrNO2. The van der Waals surface area contributed by atoms with E-state index in [0.29, 0.717) is 23.5 Å². The Morgan fingerprint density at radius 3 is 2.86 bits per heavy atom. The number of carbonyl (C=O) groups excluding carboxylic acids is 1. The molecule has 4 heteroatoms. The van der Waals surface area contributed by atoms with Crippen molar-refractivity contribution in [2.24, 2.45) is 0 Å². The molecule has 0 saturated heterocycles. The molecule has 0 aliphatic rings. The maximum Gasteiger partial charge on any atom is 0.290 e. The van der Waals surface area contributed by atoms with Crippen molar-refractivity contribution in [3.05, 3.63) is 22.6 Å². The summed E-state index contributed by atoms with van der Waals surface area (Å²) in [7, 11) is 0. The Labute approximate surface area is 91.2 Å². The summed E-state index contributed by atoms with van der Waals surface area (Å²) in [5, 5.41) is 0. The van der Waals surface area contributed by atoms with E-state index in [0.717, 1.165) is 0 Å². The van der Waals surface area contributed by atoms with Gasteiger partial charge in [-0.2, -0.15) is 0 Å². The molecule has 1 amide bonds. The van der Waals surface area contributed by atoms with Crippen molar-refractivity contribution in [2.45, 2.75) is 6.92 Å². The van der Waals surface area contributed by atoms with Gasteiger partial charge < -0.3 is 9.32 Å². The lowest BCUT2D eigenvalue weighted by atomic mass is 10.3. The standard InChI is InChI=1S/C10H10BrNO2/c1-3-7-12(4-2)10(13)8-5-6-9(11)14-8/h1,5-6H,4,7H2,2H3. The zero-order valence-electron chi connectivity index (χ0n) is 7.79. The molecule has 0 unspecified atom stereocenters. The number of hydrogen-bond donors (Lipinski definition) is 0. The van der Waals surface area contributed by atoms with Crippen LogP contribution in [0.1, 0.15) is 17.5 Å². The van der Waals surface area contributed by atoms with Crippen LogP contribution in [0.25, 0.3) is 0 Å². The lowest BCUT2D eigenvalue weighted by Crippen LogP contribution is -2.30. The zero-order chi connectivity index (χ0) is 10.6. The van der Waals surface area contributed by atoms with Crippen molar-refractivity contribution < 1.29 is 9.21 Å². The minimum atomic E-state index is -0.184. The molecule has 14 heavy (non-hydrogen) atoms. The molecule has 74 valence electrons. The van der Waals surface area contributed by atoms with Gasteiger partial charge in [0.15, 0.2) is 10.4 Å². The Morgan fingerprint density at radius 2 is 2.43 bits per heavy atom. The molecule has 0 aliphatic carbocycles. The molecule has 0 bridgehead atoms. The summed E-state index contributed by atoms with van der Waals surface area (Å²) in [5.41, 5.74) is 0. The van der Waals surface area contributed by atoms with Crippen molar-refractivity contribution in [3.63, 3.8) is 0 Å². The van der Waals surface area contributed by atoms with Crippen LogP contribution in [0.15, 0.2) is 21.2 Å². The van der Waals surface area contributed by atoms with E-state index in [4.69, 9.17) is 10.8 Å². The topological polar surface area (TPSA) is 33.5 Å². The number of terminal acetylenes is 1. The van der Waals surface area contributed by atoms with Crippen LogP contribution in [0.2, 0.25) is 0 Å². The van der Waals surface area contributed by atoms with Gasteiger partial charge in [-0.25, -0.2) is 0 Å². The number of furan rings is 1. The summed E-state index contributed by atoms with van der Waals surface area (Å²) < 4.78 is 5.67. The van der Waals surface area contributed by atoms with E-state index >= 15 is 0 Å². The average molecular weight is 256 g/mol. The van der Waals surface area contributed by atoms with Crippen molar-refractivity contribution in [1.29, 1.82) is 0 Å². The third-order valence-electron chi connectivity index (χ3n) is 1.74. The van der Waals surface area contributed by atoms with Gasteiger partial charge in [-0.15, -0.1) is 6.42 Å². The van der Waals surface area contributed by atoms with Crippen molar-refractivity contribution in [2.75, 3.05) is 13.1 Å². The van der Waals surface area contributed by atoms with E-state index in [1.165, 1.54) is 4.90 Å². The van der Waals surface area contributed by atoms with Gasteiger partial charge >= 0.3 is 0 Å². The molecule has 0 aliphatic heterocycles. The van der Waals surface area contributed by atoms with Crippen LogP contribution in [-0.4, -0.2) is 23.9 Å². The Kier molecular flexibility index (Phi) is 3.78. The lowest BCUT2D eigenvalue weighted by molar-refractivity contribution is 0.0752. The van der Waals surface area contributed by atoms with Crippen LogP contribution in [-0.2, 0) is 0 Å². The fourth-order valence-electron chi connectivity index (χ4n) is 1.02. The first kappa shape index (κ1) is 10.9. The minimum absolute atomic E-state index is 0.184. The molecule has 0 radical (unpaired) electrons. The lowest BCUT2D eigenvalue weighted by Gasteiger charge is -2.15. The first-order valence-electron chi connectivity index (χ1n) is 4.17. The summed E-state index contributed by atoms with van der Waals surface area (Å²) in [4.78, 5) is 13.2. The third-order valence-corrected chi connectivity index (χ3v) is 2.16. The summed E-state index contributed by atoms with van der Waals surface area (Å²) in [6.45, 7) is 2.74. The molecule has 0 atom stereocenters. The Morgan fingerprint density at radius 1 is 1.71 bits per heavy atom. The molecular weight excluding hydrogens is 246 g/mol. The average Bonchev–Trinajstić information content (AvgIpc) is 2.60. The second kappa shape index (κ2) is 4.87. The number of halogens is 1.